The first-order chi connectivity index (χ1) is 21.5. The highest BCUT2D eigenvalue weighted by Gasteiger charge is 2.74. The summed E-state index contributed by atoms with van der Waals surface area (Å²) >= 11 is 0. The van der Waals surface area contributed by atoms with E-state index in [1.165, 1.54) is 0 Å². The number of benzene rings is 2. The molecule has 19 heteroatoms. The van der Waals surface area contributed by atoms with Gasteiger partial charge in [-0.1, -0.05) is 18.2 Å². The maximum absolute atomic E-state index is 15.0. The minimum Gasteiger partial charge on any atom is -0.350 e. The van der Waals surface area contributed by atoms with Gasteiger partial charge in [-0.3, -0.25) is 4.79 Å². The van der Waals surface area contributed by atoms with Crippen LogP contribution in [0.3, 0.4) is 0 Å². The molecule has 2 heterocycles. The summed E-state index contributed by atoms with van der Waals surface area (Å²) in [5.41, 5.74) is -8.16. The fourth-order valence-corrected chi connectivity index (χ4v) is 11.2. The van der Waals surface area contributed by atoms with Crippen LogP contribution in [0.2, 0.25) is 0 Å². The Morgan fingerprint density at radius 2 is 1.49 bits per heavy atom. The largest absolute Gasteiger partial charge is 0.435 e. The smallest absolute Gasteiger partial charge is 0.350 e. The second kappa shape index (κ2) is 11.3. The first-order valence-corrected chi connectivity index (χ1v) is 17.4. The Hall–Kier alpha value is -3.48. The van der Waals surface area contributed by atoms with Crippen LogP contribution in [-0.2, 0) is 41.3 Å². The normalized spacial score (nSPS) is 26.0. The van der Waals surface area contributed by atoms with E-state index in [4.69, 9.17) is 0 Å². The van der Waals surface area contributed by atoms with Crippen molar-refractivity contribution in [2.75, 3.05) is 18.1 Å². The molecule has 2 aromatic rings. The molecule has 2 fully saturated rings. The van der Waals surface area contributed by atoms with Crippen molar-refractivity contribution in [1.82, 2.24) is 15.5 Å². The van der Waals surface area contributed by atoms with Gasteiger partial charge in [0, 0.05) is 19.0 Å². The highest BCUT2D eigenvalue weighted by Crippen LogP contribution is 2.56. The van der Waals surface area contributed by atoms with E-state index in [0.717, 1.165) is 36.1 Å². The molecule has 0 bridgehead atoms. The molecule has 0 aromatic heterocycles. The molecule has 2 aliphatic heterocycles. The van der Waals surface area contributed by atoms with Crippen molar-refractivity contribution in [2.24, 2.45) is 0 Å². The van der Waals surface area contributed by atoms with Gasteiger partial charge in [0.15, 0.2) is 19.7 Å². The molecule has 0 spiro atoms. The molecule has 258 valence electrons. The summed E-state index contributed by atoms with van der Waals surface area (Å²) in [6, 6.07) is 0.385. The number of amides is 3. The van der Waals surface area contributed by atoms with Crippen LogP contribution in [0.1, 0.15) is 36.5 Å². The first-order valence-electron chi connectivity index (χ1n) is 14.1. The Labute approximate surface area is 263 Å². The Bertz CT molecular complexity index is 1800. The summed E-state index contributed by atoms with van der Waals surface area (Å²) < 4.78 is 161. The highest BCUT2D eigenvalue weighted by molar-refractivity contribution is 7.92. The van der Waals surface area contributed by atoms with Crippen molar-refractivity contribution in [2.45, 2.75) is 72.0 Å². The first kappa shape index (κ1) is 34.8. The zero-order chi connectivity index (χ0) is 35.0. The summed E-state index contributed by atoms with van der Waals surface area (Å²) in [7, 11) is -8.41. The van der Waals surface area contributed by atoms with Gasteiger partial charge in [0.05, 0.1) is 34.5 Å². The second-order valence-corrected chi connectivity index (χ2v) is 16.2. The number of fused-ring (bicyclic) bond motifs is 3. The van der Waals surface area contributed by atoms with Crippen molar-refractivity contribution in [1.29, 1.82) is 0 Å². The SMILES string of the molecule is CC(=O)N[C@@H]1CS(=O)(=O)C[C@H]1NC(=O)N1CC[C@@]2(S(=O)(=O)c3ccc(F)cc3)c3ccc(C(F)(C(F)(F)F)C(F)(F)F)cc3CC[C@@H]12. The van der Waals surface area contributed by atoms with Crippen LogP contribution in [-0.4, -0.2) is 82.2 Å². The molecule has 2 aromatic carbocycles. The molecule has 9 nitrogen and oxygen atoms in total. The van der Waals surface area contributed by atoms with Crippen LogP contribution in [0.15, 0.2) is 47.4 Å². The van der Waals surface area contributed by atoms with Crippen molar-refractivity contribution < 1.29 is 61.5 Å². The van der Waals surface area contributed by atoms with Crippen molar-refractivity contribution in [3.63, 3.8) is 0 Å². The number of rotatable bonds is 5. The van der Waals surface area contributed by atoms with Gasteiger partial charge in [0.25, 0.3) is 0 Å². The monoisotopic (exact) mass is 717 g/mol. The number of likely N-dealkylation sites (tertiary alicyclic amines) is 1. The van der Waals surface area contributed by atoms with Gasteiger partial charge in [-0.25, -0.2) is 30.4 Å². The van der Waals surface area contributed by atoms with E-state index in [2.05, 4.69) is 10.6 Å². The molecule has 1 aliphatic carbocycles. The second-order valence-electron chi connectivity index (χ2n) is 11.8. The molecule has 2 N–H and O–H groups in total. The molecule has 0 radical (unpaired) electrons. The summed E-state index contributed by atoms with van der Waals surface area (Å²) in [5.74, 6) is -2.41. The summed E-state index contributed by atoms with van der Waals surface area (Å²) in [4.78, 5) is 25.9. The van der Waals surface area contributed by atoms with E-state index in [0.29, 0.717) is 12.1 Å². The minimum absolute atomic E-state index is 0.217. The number of hydrogen-bond donors (Lipinski definition) is 2. The number of carbonyl (C=O) groups excluding carboxylic acids is 2. The highest BCUT2D eigenvalue weighted by atomic mass is 32.2. The number of hydrogen-bond acceptors (Lipinski definition) is 6. The Morgan fingerprint density at radius 1 is 0.915 bits per heavy atom. The van der Waals surface area contributed by atoms with Gasteiger partial charge in [0.1, 0.15) is 10.6 Å². The summed E-state index contributed by atoms with van der Waals surface area (Å²) in [6.45, 7) is 0.820. The summed E-state index contributed by atoms with van der Waals surface area (Å²) in [5, 5.41) is 4.96. The van der Waals surface area contributed by atoms with E-state index in [9.17, 15) is 57.2 Å². The Morgan fingerprint density at radius 3 is 2.04 bits per heavy atom. The number of aryl methyl sites for hydroxylation is 1. The maximum atomic E-state index is 15.0. The average Bonchev–Trinajstić information content (AvgIpc) is 3.48. The van der Waals surface area contributed by atoms with Crippen molar-refractivity contribution in [3.05, 3.63) is 65.0 Å². The molecule has 2 saturated heterocycles. The van der Waals surface area contributed by atoms with E-state index in [1.54, 1.807) is 0 Å². The fourth-order valence-electron chi connectivity index (χ4n) is 6.93. The third-order valence-corrected chi connectivity index (χ3v) is 13.3. The quantitative estimate of drug-likeness (QED) is 0.358. The number of urea groups is 1. The predicted octanol–water partition coefficient (Wildman–Crippen LogP) is 3.82. The maximum Gasteiger partial charge on any atom is 0.435 e. The van der Waals surface area contributed by atoms with Gasteiger partial charge in [-0.15, -0.1) is 0 Å². The van der Waals surface area contributed by atoms with E-state index < -0.39 is 107 Å². The zero-order valence-electron chi connectivity index (χ0n) is 24.3. The molecule has 0 saturated carbocycles. The molecule has 3 aliphatic rings. The standard InChI is InChI=1S/C28H27F8N3O6S2/c1-15(40)37-21-13-46(42,43)14-22(21)38-24(41)39-11-10-25(47(44,45)19-6-4-18(29)5-7-19)20-8-3-17(12-16(20)2-9-23(25)39)26(30,27(31,32)33)28(34,35)36/h3-8,12,21-23H,2,9-11,13-14H2,1H3,(H,37,40)(H,38,41)/t21-,22-,23-,25-/m1/s1. The molecule has 4 atom stereocenters. The minimum atomic E-state index is -6.42. The molecule has 0 unspecified atom stereocenters. The molecule has 47 heavy (non-hydrogen) atoms. The van der Waals surface area contributed by atoms with E-state index in [-0.39, 0.29) is 36.6 Å². The molecule has 3 amide bonds. The lowest BCUT2D eigenvalue weighted by Gasteiger charge is -2.43. The topological polar surface area (TPSA) is 130 Å². The number of nitrogens with zero attached hydrogens (tertiary/aromatic N) is 1. The van der Waals surface area contributed by atoms with Gasteiger partial charge >= 0.3 is 24.1 Å². The van der Waals surface area contributed by atoms with Gasteiger partial charge in [0.2, 0.25) is 5.91 Å². The van der Waals surface area contributed by atoms with Crippen LogP contribution in [0, 0.1) is 5.82 Å². The number of alkyl halides is 7. The van der Waals surface area contributed by atoms with Crippen LogP contribution in [0.25, 0.3) is 0 Å². The predicted molar refractivity (Wildman–Crippen MR) is 149 cm³/mol. The van der Waals surface area contributed by atoms with E-state index in [1.807, 2.05) is 0 Å². The van der Waals surface area contributed by atoms with Crippen LogP contribution in [0.4, 0.5) is 39.9 Å². The summed E-state index contributed by atoms with van der Waals surface area (Å²) in [6.07, 6.45) is -13.9. The number of sulfone groups is 2. The Balaban J connectivity index is 1.61. The lowest BCUT2D eigenvalue weighted by Crippen LogP contribution is -2.57. The number of halogens is 8. The van der Waals surface area contributed by atoms with Gasteiger partial charge in [-0.2, -0.15) is 26.3 Å². The van der Waals surface area contributed by atoms with Crippen molar-refractivity contribution >= 4 is 31.6 Å². The Kier molecular flexibility index (Phi) is 8.38. The number of carbonyl (C=O) groups is 2. The molecular weight excluding hydrogens is 690 g/mol. The molecule has 5 rings (SSSR count). The lowest BCUT2D eigenvalue weighted by molar-refractivity contribution is -0.348. The van der Waals surface area contributed by atoms with Crippen molar-refractivity contribution in [3.8, 4) is 0 Å². The van der Waals surface area contributed by atoms with Crippen LogP contribution >= 0.6 is 0 Å². The van der Waals surface area contributed by atoms with Crippen LogP contribution in [0.5, 0.6) is 0 Å². The van der Waals surface area contributed by atoms with Crippen LogP contribution < -0.4 is 10.6 Å². The molecular formula is C28H27F8N3O6S2. The lowest BCUT2D eigenvalue weighted by atomic mass is 9.77. The zero-order valence-corrected chi connectivity index (χ0v) is 25.9. The van der Waals surface area contributed by atoms with E-state index >= 15 is 4.39 Å². The average molecular weight is 718 g/mol. The number of nitrogens with one attached hydrogen (secondary N) is 2. The fraction of sp³-hybridized carbons (Fsp3) is 0.500. The van der Waals surface area contributed by atoms with Gasteiger partial charge in [-0.05, 0) is 54.7 Å². The third kappa shape index (κ3) is 5.61. The van der Waals surface area contributed by atoms with Gasteiger partial charge < -0.3 is 15.5 Å². The third-order valence-electron chi connectivity index (χ3n) is 8.98.